The molecule has 10 heteroatoms. The van der Waals surface area contributed by atoms with Crippen molar-refractivity contribution in [2.45, 2.75) is 45.2 Å². The summed E-state index contributed by atoms with van der Waals surface area (Å²) in [5.74, 6) is 0.756. The summed E-state index contributed by atoms with van der Waals surface area (Å²) < 4.78 is 6.54. The van der Waals surface area contributed by atoms with E-state index in [1.807, 2.05) is 0 Å². The third-order valence-corrected chi connectivity index (χ3v) is 10.6. The number of rotatable bonds is 9. The number of hydrogen-bond acceptors (Lipinski definition) is 9. The highest BCUT2D eigenvalue weighted by atomic mass is 16.5. The van der Waals surface area contributed by atoms with Gasteiger partial charge in [-0.2, -0.15) is 15.2 Å². The molecule has 0 N–H and O–H groups in total. The lowest BCUT2D eigenvalue weighted by Crippen LogP contribution is -2.55. The summed E-state index contributed by atoms with van der Waals surface area (Å²) >= 11 is 0. The van der Waals surface area contributed by atoms with Crippen molar-refractivity contribution in [3.63, 3.8) is 0 Å². The number of anilines is 2. The summed E-state index contributed by atoms with van der Waals surface area (Å²) in [4.78, 5) is 34.3. The van der Waals surface area contributed by atoms with Gasteiger partial charge in [0.25, 0.3) is 0 Å². The molecule has 1 aromatic heterocycles. The monoisotopic (exact) mass is 634 g/mol. The largest absolute Gasteiger partial charge is 0.463 e. The van der Waals surface area contributed by atoms with Gasteiger partial charge < -0.3 is 29.2 Å². The van der Waals surface area contributed by atoms with Gasteiger partial charge in [-0.25, -0.2) is 0 Å². The molecule has 3 aromatic rings. The highest BCUT2D eigenvalue weighted by Gasteiger charge is 2.45. The molecule has 0 bridgehead atoms. The van der Waals surface area contributed by atoms with Crippen LogP contribution in [0.1, 0.15) is 36.1 Å². The van der Waals surface area contributed by atoms with E-state index < -0.39 is 0 Å². The smallest absolute Gasteiger partial charge is 0.318 e. The lowest BCUT2D eigenvalue weighted by atomic mass is 9.99. The Morgan fingerprint density at radius 3 is 2.60 bits per heavy atom. The van der Waals surface area contributed by atoms with Crippen LogP contribution in [-0.2, 0) is 17.8 Å². The molecule has 47 heavy (non-hydrogen) atoms. The molecule has 3 fully saturated rings. The van der Waals surface area contributed by atoms with Crippen LogP contribution in [0.5, 0.6) is 6.01 Å². The van der Waals surface area contributed by atoms with Gasteiger partial charge in [0, 0.05) is 81.0 Å². The highest BCUT2D eigenvalue weighted by Crippen LogP contribution is 2.47. The van der Waals surface area contributed by atoms with Crippen molar-refractivity contribution in [1.82, 2.24) is 24.7 Å². The molecule has 2 aromatic carbocycles. The Balaban J connectivity index is 1.18. The van der Waals surface area contributed by atoms with E-state index in [9.17, 15) is 10.1 Å². The SMILES string of the molecule is C=CC(=O)N1CCN(c2nc(OCC3(CN4CCN(C)CC4)CC3)nc3c2CCN(c2cccc4cccc(C)c24)C3)CC1CC#N. The van der Waals surface area contributed by atoms with Crippen LogP contribution in [0.4, 0.5) is 11.5 Å². The molecular formula is C37H46N8O2. The first kappa shape index (κ1) is 31.4. The molecule has 1 unspecified atom stereocenters. The van der Waals surface area contributed by atoms with Gasteiger partial charge in [-0.05, 0) is 56.3 Å². The van der Waals surface area contributed by atoms with Crippen LogP contribution in [-0.4, -0.2) is 109 Å². The standard InChI is InChI=1S/C37H46N8O2/c1-4-33(46)45-22-21-44(23-29(45)11-15-38)35-30-12-16-43(32-10-6-9-28-8-5-7-27(2)34(28)32)24-31(30)39-36(40-35)47-26-37(13-14-37)25-42-19-17-41(3)18-20-42/h4-10,29H,1,11-14,16-26H2,2-3H3. The lowest BCUT2D eigenvalue weighted by Gasteiger charge is -2.42. The number of aromatic nitrogens is 2. The van der Waals surface area contributed by atoms with E-state index >= 15 is 0 Å². The van der Waals surface area contributed by atoms with Gasteiger partial charge >= 0.3 is 6.01 Å². The Hall–Kier alpha value is -4.20. The first-order chi connectivity index (χ1) is 22.9. The summed E-state index contributed by atoms with van der Waals surface area (Å²) in [6, 6.07) is 15.5. The number of hydrogen-bond donors (Lipinski definition) is 0. The van der Waals surface area contributed by atoms with E-state index in [4.69, 9.17) is 14.7 Å². The zero-order valence-electron chi connectivity index (χ0n) is 27.8. The maximum Gasteiger partial charge on any atom is 0.318 e. The summed E-state index contributed by atoms with van der Waals surface area (Å²) in [5.41, 5.74) is 4.79. The molecule has 0 radical (unpaired) electrons. The molecule has 4 aliphatic rings. The van der Waals surface area contributed by atoms with Crippen LogP contribution in [0, 0.1) is 23.7 Å². The zero-order valence-corrected chi connectivity index (χ0v) is 27.8. The molecule has 4 heterocycles. The van der Waals surface area contributed by atoms with E-state index in [1.165, 1.54) is 40.9 Å². The van der Waals surface area contributed by atoms with Crippen LogP contribution in [0.3, 0.4) is 0 Å². The number of amides is 1. The van der Waals surface area contributed by atoms with E-state index in [0.29, 0.717) is 38.8 Å². The van der Waals surface area contributed by atoms with Crippen molar-refractivity contribution in [1.29, 1.82) is 5.26 Å². The van der Waals surface area contributed by atoms with E-state index in [0.717, 1.165) is 62.8 Å². The molecule has 246 valence electrons. The van der Waals surface area contributed by atoms with Gasteiger partial charge in [-0.1, -0.05) is 36.9 Å². The van der Waals surface area contributed by atoms with E-state index in [-0.39, 0.29) is 23.8 Å². The molecule has 1 atom stereocenters. The normalized spacial score (nSPS) is 21.3. The number of nitrogens with zero attached hydrogens (tertiary/aromatic N) is 8. The number of carbonyl (C=O) groups excluding carboxylic acids is 1. The predicted molar refractivity (Wildman–Crippen MR) is 185 cm³/mol. The maximum atomic E-state index is 12.6. The summed E-state index contributed by atoms with van der Waals surface area (Å²) in [7, 11) is 2.20. The number of fused-ring (bicyclic) bond motifs is 2. The number of nitriles is 1. The average molecular weight is 635 g/mol. The van der Waals surface area contributed by atoms with Gasteiger partial charge in [0.2, 0.25) is 5.91 Å². The zero-order chi connectivity index (χ0) is 32.5. The molecule has 10 nitrogen and oxygen atoms in total. The predicted octanol–water partition coefficient (Wildman–Crippen LogP) is 4.02. The van der Waals surface area contributed by atoms with Crippen molar-refractivity contribution in [2.75, 3.05) is 82.4 Å². The molecule has 2 saturated heterocycles. The van der Waals surface area contributed by atoms with Crippen molar-refractivity contribution >= 4 is 28.2 Å². The van der Waals surface area contributed by atoms with Crippen LogP contribution in [0.15, 0.2) is 49.1 Å². The third kappa shape index (κ3) is 6.52. The van der Waals surface area contributed by atoms with Gasteiger partial charge in [0.05, 0.1) is 37.4 Å². The molecular weight excluding hydrogens is 588 g/mol. The third-order valence-electron chi connectivity index (χ3n) is 10.6. The van der Waals surface area contributed by atoms with E-state index in [1.54, 1.807) is 4.90 Å². The second-order valence-electron chi connectivity index (χ2n) is 13.9. The molecule has 1 saturated carbocycles. The van der Waals surface area contributed by atoms with Crippen molar-refractivity contribution in [3.8, 4) is 12.1 Å². The second-order valence-corrected chi connectivity index (χ2v) is 13.9. The number of likely N-dealkylation sites (N-methyl/N-ethyl adjacent to an activating group) is 1. The fourth-order valence-corrected chi connectivity index (χ4v) is 7.65. The summed E-state index contributed by atoms with van der Waals surface area (Å²) in [5, 5.41) is 12.1. The van der Waals surface area contributed by atoms with Crippen LogP contribution in [0.25, 0.3) is 10.8 Å². The summed E-state index contributed by atoms with van der Waals surface area (Å²) in [6.07, 6.45) is 4.74. The van der Waals surface area contributed by atoms with Crippen LogP contribution < -0.4 is 14.5 Å². The molecule has 1 amide bonds. The minimum atomic E-state index is -0.230. The first-order valence-electron chi connectivity index (χ1n) is 17.1. The Morgan fingerprint density at radius 1 is 1.06 bits per heavy atom. The maximum absolute atomic E-state index is 12.6. The Bertz CT molecular complexity index is 1680. The number of carbonyl (C=O) groups is 1. The van der Waals surface area contributed by atoms with Gasteiger partial charge in [-0.15, -0.1) is 0 Å². The van der Waals surface area contributed by atoms with Crippen LogP contribution >= 0.6 is 0 Å². The molecule has 3 aliphatic heterocycles. The van der Waals surface area contributed by atoms with Gasteiger partial charge in [0.15, 0.2) is 0 Å². The molecule has 1 aliphatic carbocycles. The Kier molecular flexibility index (Phi) is 8.77. The van der Waals surface area contributed by atoms with E-state index in [2.05, 4.69) is 82.6 Å². The fourth-order valence-electron chi connectivity index (χ4n) is 7.65. The molecule has 0 spiro atoms. The van der Waals surface area contributed by atoms with Crippen molar-refractivity contribution in [2.24, 2.45) is 5.41 Å². The topological polar surface area (TPSA) is 92.1 Å². The number of ether oxygens (including phenoxy) is 1. The van der Waals surface area contributed by atoms with Gasteiger partial charge in [0.1, 0.15) is 5.82 Å². The second kappa shape index (κ2) is 13.1. The van der Waals surface area contributed by atoms with Gasteiger partial charge in [-0.3, -0.25) is 4.79 Å². The number of aryl methyl sites for hydroxylation is 1. The fraction of sp³-hybridized carbons (Fsp3) is 0.514. The lowest BCUT2D eigenvalue weighted by molar-refractivity contribution is -0.128. The molecule has 7 rings (SSSR count). The number of benzene rings is 2. The summed E-state index contributed by atoms with van der Waals surface area (Å²) in [6.45, 7) is 15.2. The Morgan fingerprint density at radius 2 is 1.85 bits per heavy atom. The number of piperazine rings is 2. The average Bonchev–Trinajstić information content (AvgIpc) is 3.86. The highest BCUT2D eigenvalue weighted by molar-refractivity contribution is 5.97. The minimum absolute atomic E-state index is 0.130. The van der Waals surface area contributed by atoms with Crippen LogP contribution in [0.2, 0.25) is 0 Å². The first-order valence-corrected chi connectivity index (χ1v) is 17.1. The minimum Gasteiger partial charge on any atom is -0.463 e. The van der Waals surface area contributed by atoms with Crippen molar-refractivity contribution in [3.05, 3.63) is 65.9 Å². The quantitative estimate of drug-likeness (QED) is 0.324. The van der Waals surface area contributed by atoms with Crippen molar-refractivity contribution < 1.29 is 9.53 Å². The Labute approximate surface area is 278 Å².